The number of rotatable bonds is 17. The minimum atomic E-state index is -1.23. The van der Waals surface area contributed by atoms with Crippen LogP contribution in [0.5, 0.6) is 11.5 Å². The number of aryl methyl sites for hydroxylation is 2. The molecule has 7 nitrogen and oxygen atoms in total. The lowest BCUT2D eigenvalue weighted by Crippen LogP contribution is -2.07. The number of imidazole rings is 1. The lowest BCUT2D eigenvalue weighted by molar-refractivity contribution is -0.113. The Labute approximate surface area is 267 Å². The second-order valence-electron chi connectivity index (χ2n) is 10.6. The highest BCUT2D eigenvalue weighted by molar-refractivity contribution is 7.84. The zero-order valence-corrected chi connectivity index (χ0v) is 27.2. The van der Waals surface area contributed by atoms with Gasteiger partial charge in [0.25, 0.3) is 0 Å². The van der Waals surface area contributed by atoms with Gasteiger partial charge in [-0.25, -0.2) is 9.37 Å². The van der Waals surface area contributed by atoms with Gasteiger partial charge in [0.15, 0.2) is 17.3 Å². The normalized spacial score (nSPS) is 12.0. The number of unbranched alkanes of at least 4 members (excludes halogenated alkanes) is 1. The SMILES string of the molecule is CCCCOCCOc1ccc(-c2cc(F)c(OC)c(/C=C/C(=O)Cc3ccc([S@](=O)Cc4c(C)ncn4CC)cc3)c2)cc1. The Morgan fingerprint density at radius 2 is 1.76 bits per heavy atom. The van der Waals surface area contributed by atoms with Crippen LogP contribution in [0.2, 0.25) is 0 Å². The number of hydrogen-bond acceptors (Lipinski definition) is 6. The number of carbonyl (C=O) groups is 1. The van der Waals surface area contributed by atoms with Crippen LogP contribution in [-0.2, 0) is 39.0 Å². The molecule has 45 heavy (non-hydrogen) atoms. The minimum Gasteiger partial charge on any atom is -0.493 e. The molecule has 0 N–H and O–H groups in total. The highest BCUT2D eigenvalue weighted by Crippen LogP contribution is 2.32. The standard InChI is InChI=1S/C36H41FN2O5S/c1-5-7-18-43-19-20-44-32-14-11-28(12-15-32)30-22-29(36(42-4)34(37)23-30)10-13-31(40)21-27-8-16-33(17-9-27)45(41)24-35-26(3)38-25-39(35)6-2/h8-17,22-23,25H,5-7,18-21,24H2,1-4H3/b13-10+/t45-/m1/s1. The molecule has 1 aromatic heterocycles. The maximum atomic E-state index is 15.0. The van der Waals surface area contributed by atoms with Crippen LogP contribution in [-0.4, -0.2) is 46.5 Å². The zero-order valence-electron chi connectivity index (χ0n) is 26.4. The first-order valence-electron chi connectivity index (χ1n) is 15.2. The van der Waals surface area contributed by atoms with E-state index in [1.165, 1.54) is 19.3 Å². The summed E-state index contributed by atoms with van der Waals surface area (Å²) >= 11 is 0. The van der Waals surface area contributed by atoms with Gasteiger partial charge in [0, 0.05) is 30.0 Å². The molecule has 3 aromatic carbocycles. The van der Waals surface area contributed by atoms with Crippen molar-refractivity contribution in [2.45, 2.75) is 57.2 Å². The van der Waals surface area contributed by atoms with Gasteiger partial charge in [-0.2, -0.15) is 0 Å². The molecule has 1 atom stereocenters. The van der Waals surface area contributed by atoms with Crippen molar-refractivity contribution in [2.75, 3.05) is 26.9 Å². The van der Waals surface area contributed by atoms with E-state index in [0.717, 1.165) is 48.5 Å². The van der Waals surface area contributed by atoms with Gasteiger partial charge < -0.3 is 18.8 Å². The predicted octanol–water partition coefficient (Wildman–Crippen LogP) is 7.35. The van der Waals surface area contributed by atoms with Crippen molar-refractivity contribution in [3.8, 4) is 22.6 Å². The number of aromatic nitrogens is 2. The Balaban J connectivity index is 1.38. The van der Waals surface area contributed by atoms with Crippen LogP contribution in [0, 0.1) is 12.7 Å². The van der Waals surface area contributed by atoms with Gasteiger partial charge in [-0.1, -0.05) is 37.6 Å². The summed E-state index contributed by atoms with van der Waals surface area (Å²) in [5, 5.41) is 0. The van der Waals surface area contributed by atoms with Crippen LogP contribution in [0.4, 0.5) is 4.39 Å². The summed E-state index contributed by atoms with van der Waals surface area (Å²) in [4.78, 5) is 17.9. The first-order valence-corrected chi connectivity index (χ1v) is 16.5. The number of methoxy groups -OCH3 is 1. The van der Waals surface area contributed by atoms with Crippen molar-refractivity contribution < 1.29 is 27.6 Å². The second-order valence-corrected chi connectivity index (χ2v) is 12.0. The van der Waals surface area contributed by atoms with Gasteiger partial charge in [-0.05, 0) is 85.5 Å². The van der Waals surface area contributed by atoms with Crippen LogP contribution in [0.15, 0.2) is 78.0 Å². The molecule has 4 rings (SSSR count). The van der Waals surface area contributed by atoms with E-state index in [1.54, 1.807) is 30.6 Å². The molecular weight excluding hydrogens is 591 g/mol. The Kier molecular flexibility index (Phi) is 12.7. The van der Waals surface area contributed by atoms with E-state index in [0.29, 0.717) is 40.7 Å². The first-order chi connectivity index (χ1) is 21.8. The topological polar surface area (TPSA) is 79.7 Å². The molecule has 9 heteroatoms. The average Bonchev–Trinajstić information content (AvgIpc) is 3.40. The van der Waals surface area contributed by atoms with Gasteiger partial charge >= 0.3 is 0 Å². The van der Waals surface area contributed by atoms with E-state index in [-0.39, 0.29) is 18.0 Å². The first kappa shape index (κ1) is 33.8. The molecular formula is C36H41FN2O5S. The van der Waals surface area contributed by atoms with E-state index >= 15 is 4.39 Å². The summed E-state index contributed by atoms with van der Waals surface area (Å²) in [6.45, 7) is 8.55. The van der Waals surface area contributed by atoms with Crippen molar-refractivity contribution in [3.63, 3.8) is 0 Å². The third-order valence-corrected chi connectivity index (χ3v) is 8.71. The molecule has 0 radical (unpaired) electrons. The van der Waals surface area contributed by atoms with Gasteiger partial charge in [-0.3, -0.25) is 9.00 Å². The summed E-state index contributed by atoms with van der Waals surface area (Å²) in [7, 11) is 0.166. The monoisotopic (exact) mass is 632 g/mol. The third kappa shape index (κ3) is 9.45. The molecule has 0 aliphatic rings. The number of benzene rings is 3. The molecule has 0 aliphatic carbocycles. The molecule has 1 heterocycles. The zero-order chi connectivity index (χ0) is 32.2. The average molecular weight is 633 g/mol. The Morgan fingerprint density at radius 1 is 1.00 bits per heavy atom. The van der Waals surface area contributed by atoms with Gasteiger partial charge in [0.1, 0.15) is 12.4 Å². The van der Waals surface area contributed by atoms with Crippen molar-refractivity contribution in [1.82, 2.24) is 9.55 Å². The molecule has 238 valence electrons. The van der Waals surface area contributed by atoms with E-state index < -0.39 is 16.6 Å². The summed E-state index contributed by atoms with van der Waals surface area (Å²) < 4.78 is 46.6. The summed E-state index contributed by atoms with van der Waals surface area (Å²) in [5.74, 6) is 0.477. The number of halogens is 1. The Hall–Kier alpha value is -4.08. The number of carbonyl (C=O) groups excluding carboxylic acids is 1. The molecule has 0 aliphatic heterocycles. The minimum absolute atomic E-state index is 0.0670. The summed E-state index contributed by atoms with van der Waals surface area (Å²) in [6, 6.07) is 17.8. The lowest BCUT2D eigenvalue weighted by Gasteiger charge is -2.11. The van der Waals surface area contributed by atoms with E-state index in [1.807, 2.05) is 54.8 Å². The fourth-order valence-electron chi connectivity index (χ4n) is 4.81. The molecule has 0 unspecified atom stereocenters. The van der Waals surface area contributed by atoms with Gasteiger partial charge in [-0.15, -0.1) is 0 Å². The summed E-state index contributed by atoms with van der Waals surface area (Å²) in [6.07, 6.45) is 7.06. The van der Waals surface area contributed by atoms with Gasteiger partial charge in [0.05, 0.1) is 48.0 Å². The second kappa shape index (κ2) is 16.8. The molecule has 0 saturated heterocycles. The van der Waals surface area contributed by atoms with Crippen LogP contribution >= 0.6 is 0 Å². The highest BCUT2D eigenvalue weighted by atomic mass is 32.2. The lowest BCUT2D eigenvalue weighted by atomic mass is 10.0. The maximum Gasteiger partial charge on any atom is 0.166 e. The molecule has 4 aromatic rings. The molecule has 0 bridgehead atoms. The third-order valence-electron chi connectivity index (χ3n) is 7.38. The van der Waals surface area contributed by atoms with Crippen LogP contribution in [0.1, 0.15) is 49.2 Å². The van der Waals surface area contributed by atoms with Crippen molar-refractivity contribution >= 4 is 22.7 Å². The fraction of sp³-hybridized carbons (Fsp3) is 0.333. The smallest absolute Gasteiger partial charge is 0.166 e. The number of hydrogen-bond donors (Lipinski definition) is 0. The van der Waals surface area contributed by atoms with Crippen LogP contribution in [0.25, 0.3) is 17.2 Å². The maximum absolute atomic E-state index is 15.0. The number of ether oxygens (including phenoxy) is 3. The van der Waals surface area contributed by atoms with Crippen molar-refractivity contribution in [2.24, 2.45) is 0 Å². The molecule has 0 amide bonds. The highest BCUT2D eigenvalue weighted by Gasteiger charge is 2.14. The fourth-order valence-corrected chi connectivity index (χ4v) is 6.04. The number of allylic oxidation sites excluding steroid dienone is 1. The molecule has 0 spiro atoms. The number of ketones is 1. The Bertz CT molecular complexity index is 1610. The van der Waals surface area contributed by atoms with Crippen molar-refractivity contribution in [1.29, 1.82) is 0 Å². The van der Waals surface area contributed by atoms with Gasteiger partial charge in [0.2, 0.25) is 0 Å². The molecule has 0 fully saturated rings. The van der Waals surface area contributed by atoms with E-state index in [4.69, 9.17) is 14.2 Å². The largest absolute Gasteiger partial charge is 0.493 e. The molecule has 0 saturated carbocycles. The van der Waals surface area contributed by atoms with E-state index in [2.05, 4.69) is 11.9 Å². The summed E-state index contributed by atoms with van der Waals surface area (Å²) in [5.41, 5.74) is 4.54. The number of nitrogens with zero attached hydrogens (tertiary/aromatic N) is 2. The van der Waals surface area contributed by atoms with Crippen LogP contribution < -0.4 is 9.47 Å². The predicted molar refractivity (Wildman–Crippen MR) is 177 cm³/mol. The Morgan fingerprint density at radius 3 is 2.44 bits per heavy atom. The quantitative estimate of drug-likeness (QED) is 0.0895. The van der Waals surface area contributed by atoms with Crippen molar-refractivity contribution in [3.05, 3.63) is 101 Å². The van der Waals surface area contributed by atoms with E-state index in [9.17, 15) is 9.00 Å². The van der Waals surface area contributed by atoms with Crippen LogP contribution in [0.3, 0.4) is 0 Å².